The van der Waals surface area contributed by atoms with Crippen LogP contribution in [0.1, 0.15) is 6.42 Å². The van der Waals surface area contributed by atoms with Gasteiger partial charge < -0.3 is 0 Å². The number of rotatable bonds is 2. The highest BCUT2D eigenvalue weighted by atomic mass is 32.3. The Kier molecular flexibility index (Phi) is 3.71. The third-order valence-electron chi connectivity index (χ3n) is 2.46. The highest BCUT2D eigenvalue weighted by Gasteiger charge is 2.31. The normalized spacial score (nSPS) is 30.1. The molecule has 2 saturated heterocycles. The average molecular weight is 288 g/mol. The highest BCUT2D eigenvalue weighted by Crippen LogP contribution is 2.23. The molecule has 0 spiro atoms. The first kappa shape index (κ1) is 13.2. The fraction of sp³-hybridized carbons (Fsp3) is 1.00. The fourth-order valence-corrected chi connectivity index (χ4v) is 3.20. The van der Waals surface area contributed by atoms with Crippen molar-refractivity contribution in [1.29, 1.82) is 0 Å². The Balaban J connectivity index is 1.80. The molecule has 0 atom stereocenters. The maximum Gasteiger partial charge on any atom is 0.399 e. The molecule has 0 aromatic carbocycles. The zero-order valence-electron chi connectivity index (χ0n) is 8.77. The monoisotopic (exact) mass is 288 g/mol. The Morgan fingerprint density at radius 3 is 1.29 bits per heavy atom. The first-order valence-electron chi connectivity index (χ1n) is 4.94. The van der Waals surface area contributed by atoms with Gasteiger partial charge in [-0.15, -0.1) is 0 Å². The van der Waals surface area contributed by atoms with Gasteiger partial charge in [-0.05, 0) is 6.42 Å². The quantitative estimate of drug-likeness (QED) is 0.649. The van der Waals surface area contributed by atoms with E-state index in [9.17, 15) is 16.8 Å². The minimum absolute atomic E-state index is 0.0333. The molecular weight excluding hydrogens is 276 g/mol. The van der Waals surface area contributed by atoms with Crippen molar-refractivity contribution in [2.75, 3.05) is 26.4 Å². The van der Waals surface area contributed by atoms with Crippen LogP contribution in [0, 0.1) is 11.8 Å². The minimum atomic E-state index is -3.83. The van der Waals surface area contributed by atoms with E-state index in [-0.39, 0.29) is 38.3 Å². The molecule has 0 radical (unpaired) electrons. The average Bonchev–Trinajstić information content (AvgIpc) is 2.24. The zero-order chi connectivity index (χ0) is 12.5. The van der Waals surface area contributed by atoms with Gasteiger partial charge in [-0.1, -0.05) is 0 Å². The van der Waals surface area contributed by atoms with Crippen molar-refractivity contribution in [2.45, 2.75) is 6.42 Å². The lowest BCUT2D eigenvalue weighted by atomic mass is 9.97. The third kappa shape index (κ3) is 3.86. The van der Waals surface area contributed by atoms with E-state index < -0.39 is 20.8 Å². The number of hydrogen-bond acceptors (Lipinski definition) is 8. The van der Waals surface area contributed by atoms with E-state index >= 15 is 0 Å². The molecule has 2 aliphatic rings. The van der Waals surface area contributed by atoms with Crippen molar-refractivity contribution < 1.29 is 33.6 Å². The molecule has 0 saturated carbocycles. The highest BCUT2D eigenvalue weighted by molar-refractivity contribution is 7.82. The first-order valence-corrected chi connectivity index (χ1v) is 7.60. The van der Waals surface area contributed by atoms with E-state index in [1.165, 1.54) is 0 Å². The van der Waals surface area contributed by atoms with Crippen LogP contribution in [-0.2, 0) is 37.5 Å². The maximum absolute atomic E-state index is 10.8. The number of hydrogen-bond donors (Lipinski definition) is 0. The van der Waals surface area contributed by atoms with Gasteiger partial charge >= 0.3 is 20.8 Å². The van der Waals surface area contributed by atoms with Gasteiger partial charge in [-0.25, -0.2) is 16.7 Å². The minimum Gasteiger partial charge on any atom is -0.248 e. The van der Waals surface area contributed by atoms with Crippen LogP contribution in [0.25, 0.3) is 0 Å². The van der Waals surface area contributed by atoms with E-state index in [4.69, 9.17) is 0 Å². The molecule has 2 rings (SSSR count). The summed E-state index contributed by atoms with van der Waals surface area (Å²) in [6.07, 6.45) is 0.519. The molecule has 0 aromatic rings. The van der Waals surface area contributed by atoms with Crippen molar-refractivity contribution in [1.82, 2.24) is 0 Å². The van der Waals surface area contributed by atoms with E-state index in [1.54, 1.807) is 0 Å². The van der Waals surface area contributed by atoms with E-state index in [0.717, 1.165) is 0 Å². The van der Waals surface area contributed by atoms with Gasteiger partial charge in [-0.3, -0.25) is 0 Å². The van der Waals surface area contributed by atoms with Crippen LogP contribution in [0.15, 0.2) is 0 Å². The van der Waals surface area contributed by atoms with Crippen molar-refractivity contribution in [3.8, 4) is 0 Å². The molecule has 0 bridgehead atoms. The lowest BCUT2D eigenvalue weighted by Crippen LogP contribution is -2.34. The maximum atomic E-state index is 10.8. The van der Waals surface area contributed by atoms with E-state index in [2.05, 4.69) is 16.7 Å². The summed E-state index contributed by atoms with van der Waals surface area (Å²) >= 11 is 0. The van der Waals surface area contributed by atoms with Crippen LogP contribution in [0.5, 0.6) is 0 Å². The van der Waals surface area contributed by atoms with Crippen LogP contribution in [0.4, 0.5) is 0 Å². The summed E-state index contributed by atoms with van der Waals surface area (Å²) in [7, 11) is -7.67. The zero-order valence-corrected chi connectivity index (χ0v) is 10.4. The van der Waals surface area contributed by atoms with Gasteiger partial charge in [0.1, 0.15) is 0 Å². The second-order valence-electron chi connectivity index (χ2n) is 3.92. The molecular formula is C7H12O8S2. The molecule has 17 heavy (non-hydrogen) atoms. The summed E-state index contributed by atoms with van der Waals surface area (Å²) in [6.45, 7) is 0.133. The summed E-state index contributed by atoms with van der Waals surface area (Å²) in [5.41, 5.74) is 0. The van der Waals surface area contributed by atoms with E-state index in [1.807, 2.05) is 0 Å². The van der Waals surface area contributed by atoms with Crippen LogP contribution >= 0.6 is 0 Å². The van der Waals surface area contributed by atoms with Gasteiger partial charge in [0.15, 0.2) is 0 Å². The Hall–Kier alpha value is -0.260. The second-order valence-corrected chi connectivity index (χ2v) is 6.50. The Bertz CT molecular complexity index is 394. The lowest BCUT2D eigenvalue weighted by molar-refractivity contribution is 0.0508. The topological polar surface area (TPSA) is 105 Å². The smallest absolute Gasteiger partial charge is 0.248 e. The van der Waals surface area contributed by atoms with Gasteiger partial charge in [0, 0.05) is 11.8 Å². The molecule has 100 valence electrons. The summed E-state index contributed by atoms with van der Waals surface area (Å²) in [5, 5.41) is 0. The largest absolute Gasteiger partial charge is 0.399 e. The van der Waals surface area contributed by atoms with Crippen LogP contribution in [0.2, 0.25) is 0 Å². The molecule has 10 heteroatoms. The molecule has 2 fully saturated rings. The molecule has 0 unspecified atom stereocenters. The predicted octanol–water partition coefficient (Wildman–Crippen LogP) is -0.808. The molecule has 8 nitrogen and oxygen atoms in total. The molecule has 0 aliphatic carbocycles. The second kappa shape index (κ2) is 4.78. The molecule has 0 amide bonds. The van der Waals surface area contributed by atoms with Crippen molar-refractivity contribution in [2.24, 2.45) is 11.8 Å². The van der Waals surface area contributed by atoms with Crippen molar-refractivity contribution >= 4 is 20.8 Å². The summed E-state index contributed by atoms with van der Waals surface area (Å²) in [6, 6.07) is 0. The molecule has 2 aliphatic heterocycles. The van der Waals surface area contributed by atoms with Crippen molar-refractivity contribution in [3.63, 3.8) is 0 Å². The van der Waals surface area contributed by atoms with Crippen LogP contribution in [0.3, 0.4) is 0 Å². The summed E-state index contributed by atoms with van der Waals surface area (Å²) in [5.74, 6) is -0.229. The molecule has 2 heterocycles. The summed E-state index contributed by atoms with van der Waals surface area (Å²) < 4.78 is 61.2. The third-order valence-corrected chi connectivity index (χ3v) is 4.16. The fourth-order valence-electron chi connectivity index (χ4n) is 1.63. The van der Waals surface area contributed by atoms with E-state index in [0.29, 0.717) is 6.42 Å². The lowest BCUT2D eigenvalue weighted by Gasteiger charge is -2.27. The molecule has 0 aromatic heterocycles. The standard InChI is InChI=1S/C7H12O8S2/c8-16(9)12-2-6(3-13-16)1-7-4-14-17(10,11)15-5-7/h6-7H,1-5H2. The van der Waals surface area contributed by atoms with Crippen LogP contribution in [-0.4, -0.2) is 43.3 Å². The van der Waals surface area contributed by atoms with Gasteiger partial charge in [0.2, 0.25) is 0 Å². The molecule has 0 N–H and O–H groups in total. The SMILES string of the molecule is O=S1(=O)OCC(CC2COS(=O)(=O)OC2)CO1. The summed E-state index contributed by atoms with van der Waals surface area (Å²) in [4.78, 5) is 0. The van der Waals surface area contributed by atoms with Gasteiger partial charge in [0.05, 0.1) is 26.4 Å². The van der Waals surface area contributed by atoms with Crippen molar-refractivity contribution in [3.05, 3.63) is 0 Å². The first-order chi connectivity index (χ1) is 7.86. The predicted molar refractivity (Wildman–Crippen MR) is 53.2 cm³/mol. The Labute approximate surface area is 99.5 Å². The Morgan fingerprint density at radius 1 is 0.706 bits per heavy atom. The Morgan fingerprint density at radius 2 is 1.00 bits per heavy atom. The van der Waals surface area contributed by atoms with Gasteiger partial charge in [0.25, 0.3) is 0 Å². The van der Waals surface area contributed by atoms with Gasteiger partial charge in [-0.2, -0.15) is 16.8 Å². The van der Waals surface area contributed by atoms with Crippen LogP contribution < -0.4 is 0 Å².